The fourth-order valence-corrected chi connectivity index (χ4v) is 5.16. The number of ether oxygens (including phenoxy) is 1. The Kier molecular flexibility index (Phi) is 5.40. The first-order chi connectivity index (χ1) is 15.2. The highest BCUT2D eigenvalue weighted by Crippen LogP contribution is 2.34. The van der Waals surface area contributed by atoms with Crippen molar-refractivity contribution in [3.05, 3.63) is 88.5 Å². The quantitative estimate of drug-likeness (QED) is 0.478. The number of rotatable bonds is 4. The van der Waals surface area contributed by atoms with Crippen molar-refractivity contribution in [3.8, 4) is 0 Å². The minimum atomic E-state index is -3.98. The number of carbonyl (C=O) groups is 3. The van der Waals surface area contributed by atoms with E-state index in [9.17, 15) is 22.8 Å². The smallest absolute Gasteiger partial charge is 0.338 e. The maximum atomic E-state index is 13.0. The normalized spacial score (nSPS) is 13.6. The highest BCUT2D eigenvalue weighted by Gasteiger charge is 2.35. The molecule has 1 amide bonds. The van der Waals surface area contributed by atoms with Crippen molar-refractivity contribution < 1.29 is 27.5 Å². The van der Waals surface area contributed by atoms with Gasteiger partial charge in [0.05, 0.1) is 15.4 Å². The largest absolute Gasteiger partial charge is 0.452 e. The number of amides is 1. The first-order valence-corrected chi connectivity index (χ1v) is 11.2. The zero-order valence-electron chi connectivity index (χ0n) is 17.3. The Morgan fingerprint density at radius 2 is 1.62 bits per heavy atom. The lowest BCUT2D eigenvalue weighted by atomic mass is 10.0. The third-order valence-electron chi connectivity index (χ3n) is 5.17. The fraction of sp³-hybridized carbons (Fsp3) is 0.125. The fourth-order valence-electron chi connectivity index (χ4n) is 3.48. The summed E-state index contributed by atoms with van der Waals surface area (Å²) in [5.74, 6) is -1.83. The van der Waals surface area contributed by atoms with E-state index in [-0.39, 0.29) is 26.5 Å². The number of hydrogen-bond donors (Lipinski definition) is 1. The van der Waals surface area contributed by atoms with E-state index < -0.39 is 34.1 Å². The van der Waals surface area contributed by atoms with Crippen molar-refractivity contribution in [1.82, 2.24) is 0 Å². The molecular formula is C24H19NO6S. The van der Waals surface area contributed by atoms with Gasteiger partial charge in [-0.05, 0) is 61.4 Å². The summed E-state index contributed by atoms with van der Waals surface area (Å²) in [5.41, 5.74) is 2.46. The number of sulfone groups is 1. The summed E-state index contributed by atoms with van der Waals surface area (Å²) < 4.78 is 31.0. The third-order valence-corrected chi connectivity index (χ3v) is 7.03. The number of carbonyl (C=O) groups excluding carboxylic acids is 3. The summed E-state index contributed by atoms with van der Waals surface area (Å²) in [6.07, 6.45) is 0. The average Bonchev–Trinajstić information content (AvgIpc) is 2.78. The molecule has 0 radical (unpaired) electrons. The number of aryl methyl sites for hydroxylation is 2. The van der Waals surface area contributed by atoms with Gasteiger partial charge in [-0.25, -0.2) is 13.2 Å². The Bertz CT molecular complexity index is 1390. The molecule has 1 aliphatic heterocycles. The van der Waals surface area contributed by atoms with Crippen molar-refractivity contribution in [1.29, 1.82) is 0 Å². The second-order valence-corrected chi connectivity index (χ2v) is 9.37. The Morgan fingerprint density at radius 1 is 0.906 bits per heavy atom. The standard InChI is InChI=1S/C24H19NO6S/c1-14-7-8-15(2)19(11-14)25-22(26)13-31-24(28)16-9-10-18-21(12-16)32(29,30)20-6-4-3-5-17(20)23(18)27/h3-12H,13H2,1-2H3,(H,25,26). The van der Waals surface area contributed by atoms with Gasteiger partial charge >= 0.3 is 5.97 Å². The van der Waals surface area contributed by atoms with E-state index in [1.54, 1.807) is 12.1 Å². The van der Waals surface area contributed by atoms with Gasteiger partial charge < -0.3 is 10.1 Å². The van der Waals surface area contributed by atoms with E-state index in [1.165, 1.54) is 30.3 Å². The molecule has 3 aromatic carbocycles. The highest BCUT2D eigenvalue weighted by molar-refractivity contribution is 7.91. The van der Waals surface area contributed by atoms with Gasteiger partial charge in [0.15, 0.2) is 12.4 Å². The van der Waals surface area contributed by atoms with E-state index >= 15 is 0 Å². The number of ketones is 1. The molecule has 0 unspecified atom stereocenters. The van der Waals surface area contributed by atoms with Crippen molar-refractivity contribution in [2.75, 3.05) is 11.9 Å². The minimum Gasteiger partial charge on any atom is -0.452 e. The molecule has 1 heterocycles. The van der Waals surface area contributed by atoms with Crippen LogP contribution in [0.3, 0.4) is 0 Å². The van der Waals surface area contributed by atoms with Gasteiger partial charge in [0.25, 0.3) is 5.91 Å². The average molecular weight is 449 g/mol. The Balaban J connectivity index is 1.52. The molecule has 0 atom stereocenters. The van der Waals surface area contributed by atoms with Gasteiger partial charge in [-0.15, -0.1) is 0 Å². The summed E-state index contributed by atoms with van der Waals surface area (Å²) in [6, 6.07) is 15.2. The van der Waals surface area contributed by atoms with Crippen molar-refractivity contribution >= 4 is 33.2 Å². The van der Waals surface area contributed by atoms with Gasteiger partial charge in [-0.3, -0.25) is 9.59 Å². The van der Waals surface area contributed by atoms with Gasteiger partial charge in [0.2, 0.25) is 9.84 Å². The van der Waals surface area contributed by atoms with E-state index in [2.05, 4.69) is 5.32 Å². The maximum absolute atomic E-state index is 13.0. The first-order valence-electron chi connectivity index (χ1n) is 9.75. The van der Waals surface area contributed by atoms with Crippen LogP contribution in [0.2, 0.25) is 0 Å². The van der Waals surface area contributed by atoms with Crippen molar-refractivity contribution in [2.24, 2.45) is 0 Å². The molecule has 0 saturated heterocycles. The number of esters is 1. The molecule has 8 heteroatoms. The van der Waals surface area contributed by atoms with Crippen molar-refractivity contribution in [2.45, 2.75) is 23.6 Å². The topological polar surface area (TPSA) is 107 Å². The van der Waals surface area contributed by atoms with Crippen LogP contribution >= 0.6 is 0 Å². The number of hydrogen-bond acceptors (Lipinski definition) is 6. The summed E-state index contributed by atoms with van der Waals surface area (Å²) in [7, 11) is -3.98. The summed E-state index contributed by atoms with van der Waals surface area (Å²) in [5, 5.41) is 2.68. The van der Waals surface area contributed by atoms with Crippen molar-refractivity contribution in [3.63, 3.8) is 0 Å². The van der Waals surface area contributed by atoms with Gasteiger partial charge in [-0.2, -0.15) is 0 Å². The summed E-state index contributed by atoms with van der Waals surface area (Å²) in [4.78, 5) is 37.0. The number of benzene rings is 3. The lowest BCUT2D eigenvalue weighted by Crippen LogP contribution is -2.23. The van der Waals surface area contributed by atoms with E-state index in [4.69, 9.17) is 4.74 Å². The van der Waals surface area contributed by atoms with Crippen LogP contribution in [-0.4, -0.2) is 32.7 Å². The Hall–Kier alpha value is -3.78. The molecule has 162 valence electrons. The van der Waals surface area contributed by atoms with E-state index in [1.807, 2.05) is 26.0 Å². The Morgan fingerprint density at radius 3 is 2.41 bits per heavy atom. The van der Waals surface area contributed by atoms with Crippen LogP contribution < -0.4 is 5.32 Å². The maximum Gasteiger partial charge on any atom is 0.338 e. The molecule has 4 rings (SSSR count). The van der Waals surface area contributed by atoms with Crippen LogP contribution in [0.4, 0.5) is 5.69 Å². The molecule has 1 aliphatic rings. The zero-order chi connectivity index (χ0) is 23.0. The zero-order valence-corrected chi connectivity index (χ0v) is 18.2. The summed E-state index contributed by atoms with van der Waals surface area (Å²) in [6.45, 7) is 3.19. The summed E-state index contributed by atoms with van der Waals surface area (Å²) >= 11 is 0. The molecule has 0 saturated carbocycles. The number of nitrogens with one attached hydrogen (secondary N) is 1. The molecule has 0 aliphatic carbocycles. The molecule has 0 aromatic heterocycles. The van der Waals surface area contributed by atoms with E-state index in [0.29, 0.717) is 5.69 Å². The lowest BCUT2D eigenvalue weighted by Gasteiger charge is -2.19. The van der Waals surface area contributed by atoms with Gasteiger partial charge in [-0.1, -0.05) is 24.3 Å². The molecule has 3 aromatic rings. The third kappa shape index (κ3) is 3.80. The Labute approximate surface area is 185 Å². The van der Waals surface area contributed by atoms with Crippen LogP contribution in [0.15, 0.2) is 70.5 Å². The second-order valence-electron chi connectivity index (χ2n) is 7.48. The number of anilines is 1. The van der Waals surface area contributed by atoms with E-state index in [0.717, 1.165) is 17.2 Å². The predicted molar refractivity (Wildman–Crippen MR) is 117 cm³/mol. The van der Waals surface area contributed by atoms with Gasteiger partial charge in [0, 0.05) is 16.8 Å². The number of fused-ring (bicyclic) bond motifs is 2. The van der Waals surface area contributed by atoms with Crippen LogP contribution in [0.1, 0.15) is 37.4 Å². The monoisotopic (exact) mass is 449 g/mol. The predicted octanol–water partition coefficient (Wildman–Crippen LogP) is 3.48. The minimum absolute atomic E-state index is 0.00656. The SMILES string of the molecule is Cc1ccc(C)c(NC(=O)COC(=O)c2ccc3c(c2)S(=O)(=O)c2ccccc2C3=O)c1. The molecule has 0 spiro atoms. The first kappa shape index (κ1) is 21.5. The molecule has 0 fully saturated rings. The molecule has 32 heavy (non-hydrogen) atoms. The van der Waals surface area contributed by atoms with Crippen LogP contribution in [0, 0.1) is 13.8 Å². The second kappa shape index (κ2) is 8.05. The van der Waals surface area contributed by atoms with Crippen LogP contribution in [0.5, 0.6) is 0 Å². The lowest BCUT2D eigenvalue weighted by molar-refractivity contribution is -0.119. The molecule has 7 nitrogen and oxygen atoms in total. The van der Waals surface area contributed by atoms with Crippen LogP contribution in [0.25, 0.3) is 0 Å². The molecule has 0 bridgehead atoms. The highest BCUT2D eigenvalue weighted by atomic mass is 32.2. The molecular weight excluding hydrogens is 430 g/mol. The van der Waals surface area contributed by atoms with Gasteiger partial charge in [0.1, 0.15) is 0 Å². The molecule has 1 N–H and O–H groups in total. The van der Waals surface area contributed by atoms with Crippen LogP contribution in [-0.2, 0) is 19.4 Å².